The lowest BCUT2D eigenvalue weighted by Crippen LogP contribution is -1.91. The second-order valence-corrected chi connectivity index (χ2v) is 4.03. The lowest BCUT2D eigenvalue weighted by molar-refractivity contribution is 1.14. The maximum Gasteiger partial charge on any atom is 0.0708 e. The molecule has 0 atom stereocenters. The van der Waals surface area contributed by atoms with Crippen LogP contribution in [0.5, 0.6) is 0 Å². The molecule has 0 bridgehead atoms. The van der Waals surface area contributed by atoms with E-state index in [0.717, 1.165) is 17.6 Å². The van der Waals surface area contributed by atoms with Crippen LogP contribution in [0.15, 0.2) is 24.3 Å². The molecule has 0 N–H and O–H groups in total. The molecule has 1 aromatic heterocycles. The largest absolute Gasteiger partial charge is 0.253 e. The van der Waals surface area contributed by atoms with E-state index < -0.39 is 0 Å². The normalized spacial score (nSPS) is 10.9. The third-order valence-electron chi connectivity index (χ3n) is 2.64. The fourth-order valence-electron chi connectivity index (χ4n) is 1.82. The van der Waals surface area contributed by atoms with Gasteiger partial charge >= 0.3 is 0 Å². The van der Waals surface area contributed by atoms with Gasteiger partial charge in [0.25, 0.3) is 0 Å². The molecule has 1 heterocycles. The molecule has 0 saturated carbocycles. The number of rotatable bonds is 2. The minimum absolute atomic E-state index is 0.549. The highest BCUT2D eigenvalue weighted by Crippen LogP contribution is 2.21. The van der Waals surface area contributed by atoms with Crippen molar-refractivity contribution < 1.29 is 0 Å². The predicted molar refractivity (Wildman–Crippen MR) is 65.4 cm³/mol. The van der Waals surface area contributed by atoms with E-state index in [-0.39, 0.29) is 0 Å². The average molecular weight is 220 g/mol. The third-order valence-corrected chi connectivity index (χ3v) is 2.93. The molecule has 1 aromatic carbocycles. The van der Waals surface area contributed by atoms with E-state index >= 15 is 0 Å². The van der Waals surface area contributed by atoms with Gasteiger partial charge in [-0.05, 0) is 42.7 Å². The summed E-state index contributed by atoms with van der Waals surface area (Å²) in [6, 6.07) is 8.47. The smallest absolute Gasteiger partial charge is 0.0708 e. The zero-order valence-corrected chi connectivity index (χ0v) is 9.80. The lowest BCUT2D eigenvalue weighted by Gasteiger charge is -2.06. The molecule has 2 rings (SSSR count). The van der Waals surface area contributed by atoms with Crippen LogP contribution < -0.4 is 0 Å². The molecular weight excluding hydrogens is 206 g/mol. The summed E-state index contributed by atoms with van der Waals surface area (Å²) in [5.41, 5.74) is 4.58. The second kappa shape index (κ2) is 4.19. The average Bonchev–Trinajstić information content (AvgIpc) is 2.27. The van der Waals surface area contributed by atoms with Crippen molar-refractivity contribution in [3.05, 3.63) is 41.1 Å². The van der Waals surface area contributed by atoms with Gasteiger partial charge in [-0.3, -0.25) is 4.98 Å². The summed E-state index contributed by atoms with van der Waals surface area (Å²) >= 11 is 5.95. The lowest BCUT2D eigenvalue weighted by atomic mass is 10.0. The molecule has 2 heteroatoms. The highest BCUT2D eigenvalue weighted by molar-refractivity contribution is 6.18. The van der Waals surface area contributed by atoms with Gasteiger partial charge in [-0.25, -0.2) is 0 Å². The molecule has 0 radical (unpaired) electrons. The Morgan fingerprint density at radius 3 is 2.73 bits per heavy atom. The van der Waals surface area contributed by atoms with Crippen molar-refractivity contribution in [2.24, 2.45) is 0 Å². The maximum absolute atomic E-state index is 5.95. The molecule has 78 valence electrons. The van der Waals surface area contributed by atoms with Crippen molar-refractivity contribution in [2.75, 3.05) is 0 Å². The van der Waals surface area contributed by atoms with Crippen LogP contribution in [-0.2, 0) is 12.3 Å². The molecule has 1 nitrogen and oxygen atoms in total. The summed E-state index contributed by atoms with van der Waals surface area (Å²) in [6.45, 7) is 4.16. The standard InChI is InChI=1S/C13H14ClN/c1-3-10-4-5-13-12(7-10)11(8-14)6-9(2)15-13/h4-7H,3,8H2,1-2H3. The molecule has 0 unspecified atom stereocenters. The van der Waals surface area contributed by atoms with Crippen LogP contribution in [0.2, 0.25) is 0 Å². The quantitative estimate of drug-likeness (QED) is 0.700. The van der Waals surface area contributed by atoms with Crippen molar-refractivity contribution in [1.29, 1.82) is 0 Å². The summed E-state index contributed by atoms with van der Waals surface area (Å²) in [7, 11) is 0. The molecule has 2 aromatic rings. The fraction of sp³-hybridized carbons (Fsp3) is 0.308. The molecule has 0 saturated heterocycles. The monoisotopic (exact) mass is 219 g/mol. The SMILES string of the molecule is CCc1ccc2nc(C)cc(CCl)c2c1. The first-order chi connectivity index (χ1) is 7.24. The van der Waals surface area contributed by atoms with Crippen LogP contribution in [0.3, 0.4) is 0 Å². The summed E-state index contributed by atoms with van der Waals surface area (Å²) in [6.07, 6.45) is 1.05. The Hall–Kier alpha value is -1.08. The first kappa shape index (κ1) is 10.4. The van der Waals surface area contributed by atoms with E-state index in [4.69, 9.17) is 11.6 Å². The molecule has 0 aliphatic heterocycles. The Labute approximate surface area is 95.1 Å². The summed E-state index contributed by atoms with van der Waals surface area (Å²) < 4.78 is 0. The van der Waals surface area contributed by atoms with E-state index in [9.17, 15) is 0 Å². The first-order valence-electron chi connectivity index (χ1n) is 5.19. The number of hydrogen-bond donors (Lipinski definition) is 0. The molecule has 0 fully saturated rings. The van der Waals surface area contributed by atoms with Gasteiger partial charge in [-0.15, -0.1) is 11.6 Å². The number of nitrogens with zero attached hydrogens (tertiary/aromatic N) is 1. The number of hydrogen-bond acceptors (Lipinski definition) is 1. The van der Waals surface area contributed by atoms with Gasteiger partial charge in [0, 0.05) is 17.0 Å². The van der Waals surface area contributed by atoms with Crippen LogP contribution in [-0.4, -0.2) is 4.98 Å². The van der Waals surface area contributed by atoms with Gasteiger partial charge in [0.15, 0.2) is 0 Å². The predicted octanol–water partition coefficient (Wildman–Crippen LogP) is 3.84. The van der Waals surface area contributed by atoms with E-state index in [0.29, 0.717) is 5.88 Å². The van der Waals surface area contributed by atoms with E-state index in [1.54, 1.807) is 0 Å². The number of benzene rings is 1. The number of alkyl halides is 1. The topological polar surface area (TPSA) is 12.9 Å². The van der Waals surface area contributed by atoms with E-state index in [2.05, 4.69) is 36.2 Å². The number of halogens is 1. The minimum Gasteiger partial charge on any atom is -0.253 e. The highest BCUT2D eigenvalue weighted by Gasteiger charge is 2.03. The zero-order chi connectivity index (χ0) is 10.8. The van der Waals surface area contributed by atoms with Crippen LogP contribution in [0.4, 0.5) is 0 Å². The van der Waals surface area contributed by atoms with Gasteiger partial charge < -0.3 is 0 Å². The Kier molecular flexibility index (Phi) is 2.92. The number of fused-ring (bicyclic) bond motifs is 1. The molecule has 15 heavy (non-hydrogen) atoms. The first-order valence-corrected chi connectivity index (χ1v) is 5.73. The molecule has 0 amide bonds. The van der Waals surface area contributed by atoms with Crippen molar-refractivity contribution in [3.63, 3.8) is 0 Å². The van der Waals surface area contributed by atoms with Gasteiger partial charge in [-0.1, -0.05) is 13.0 Å². The number of pyridine rings is 1. The summed E-state index contributed by atoms with van der Waals surface area (Å²) in [5.74, 6) is 0.549. The Morgan fingerprint density at radius 2 is 2.07 bits per heavy atom. The number of aryl methyl sites for hydroxylation is 2. The van der Waals surface area contributed by atoms with Crippen LogP contribution in [0.25, 0.3) is 10.9 Å². The van der Waals surface area contributed by atoms with Crippen molar-refractivity contribution in [1.82, 2.24) is 4.98 Å². The Balaban J connectivity index is 2.73. The second-order valence-electron chi connectivity index (χ2n) is 3.76. The molecule has 0 spiro atoms. The molecular formula is C13H14ClN. The van der Waals surface area contributed by atoms with Crippen LogP contribution in [0, 0.1) is 6.92 Å². The fourth-order valence-corrected chi connectivity index (χ4v) is 2.04. The summed E-state index contributed by atoms with van der Waals surface area (Å²) in [5, 5.41) is 1.19. The minimum atomic E-state index is 0.549. The van der Waals surface area contributed by atoms with Crippen molar-refractivity contribution in [3.8, 4) is 0 Å². The van der Waals surface area contributed by atoms with Gasteiger partial charge in [-0.2, -0.15) is 0 Å². The van der Waals surface area contributed by atoms with E-state index in [1.165, 1.54) is 16.5 Å². The number of aromatic nitrogens is 1. The Morgan fingerprint density at radius 1 is 1.27 bits per heavy atom. The van der Waals surface area contributed by atoms with Gasteiger partial charge in [0.1, 0.15) is 0 Å². The van der Waals surface area contributed by atoms with Crippen molar-refractivity contribution in [2.45, 2.75) is 26.1 Å². The van der Waals surface area contributed by atoms with E-state index in [1.807, 2.05) is 6.92 Å². The van der Waals surface area contributed by atoms with Gasteiger partial charge in [0.2, 0.25) is 0 Å². The summed E-state index contributed by atoms with van der Waals surface area (Å²) in [4.78, 5) is 4.50. The maximum atomic E-state index is 5.95. The Bertz CT molecular complexity index is 491. The van der Waals surface area contributed by atoms with Crippen LogP contribution in [0.1, 0.15) is 23.7 Å². The van der Waals surface area contributed by atoms with Crippen molar-refractivity contribution >= 4 is 22.5 Å². The van der Waals surface area contributed by atoms with Crippen LogP contribution >= 0.6 is 11.6 Å². The third kappa shape index (κ3) is 1.98. The zero-order valence-electron chi connectivity index (χ0n) is 9.05. The molecule has 0 aliphatic rings. The van der Waals surface area contributed by atoms with Gasteiger partial charge in [0.05, 0.1) is 5.52 Å². The highest BCUT2D eigenvalue weighted by atomic mass is 35.5. The molecule has 0 aliphatic carbocycles.